The molecule has 1 unspecified atom stereocenters. The molecule has 0 aliphatic rings. The smallest absolute Gasteiger partial charge is 0.231 e. The van der Waals surface area contributed by atoms with E-state index in [0.29, 0.717) is 6.61 Å². The highest BCUT2D eigenvalue weighted by molar-refractivity contribution is 4.75. The summed E-state index contributed by atoms with van der Waals surface area (Å²) in [6.45, 7) is 1.77. The molecule has 0 aliphatic heterocycles. The van der Waals surface area contributed by atoms with Crippen molar-refractivity contribution in [3.63, 3.8) is 0 Å². The third-order valence-electron chi connectivity index (χ3n) is 1.12. The summed E-state index contributed by atoms with van der Waals surface area (Å²) < 4.78 is 4.90. The quantitative estimate of drug-likeness (QED) is 0.271. The van der Waals surface area contributed by atoms with Crippen LogP contribution in [0.3, 0.4) is 0 Å². The predicted molar refractivity (Wildman–Crippen MR) is 43.5 cm³/mol. The first-order chi connectivity index (χ1) is 5.66. The Bertz CT molecular complexity index is 157. The first kappa shape index (κ1) is 11.1. The van der Waals surface area contributed by atoms with E-state index in [2.05, 4.69) is 0 Å². The standard InChI is InChI=1S/C7H13NO4/c1-2-3-4-12-6-7(9)5-8(10)11/h2-3,7,9H,4-6H2,1H3/b3-2+. The van der Waals surface area contributed by atoms with Gasteiger partial charge in [0, 0.05) is 4.92 Å². The number of ether oxygens (including phenoxy) is 1. The third kappa shape index (κ3) is 7.17. The molecule has 0 aromatic rings. The summed E-state index contributed by atoms with van der Waals surface area (Å²) in [5.41, 5.74) is 0. The lowest BCUT2D eigenvalue weighted by Crippen LogP contribution is -2.24. The maximum Gasteiger partial charge on any atom is 0.231 e. The Labute approximate surface area is 70.8 Å². The Morgan fingerprint density at radius 2 is 2.42 bits per heavy atom. The predicted octanol–water partition coefficient (Wildman–Crippen LogP) is 0.217. The van der Waals surface area contributed by atoms with E-state index in [1.165, 1.54) is 0 Å². The van der Waals surface area contributed by atoms with Crippen LogP contribution in [0.4, 0.5) is 0 Å². The second-order valence-corrected chi connectivity index (χ2v) is 2.28. The lowest BCUT2D eigenvalue weighted by atomic mass is 10.4. The molecule has 0 aliphatic carbocycles. The number of aliphatic hydroxyl groups is 1. The molecule has 0 aromatic heterocycles. The van der Waals surface area contributed by atoms with E-state index in [1.54, 1.807) is 12.2 Å². The zero-order valence-corrected chi connectivity index (χ0v) is 6.97. The van der Waals surface area contributed by atoms with E-state index in [4.69, 9.17) is 9.84 Å². The van der Waals surface area contributed by atoms with Gasteiger partial charge in [-0.05, 0) is 6.92 Å². The van der Waals surface area contributed by atoms with Gasteiger partial charge in [0.2, 0.25) is 6.54 Å². The van der Waals surface area contributed by atoms with E-state index in [0.717, 1.165) is 0 Å². The van der Waals surface area contributed by atoms with Gasteiger partial charge < -0.3 is 9.84 Å². The van der Waals surface area contributed by atoms with E-state index >= 15 is 0 Å². The highest BCUT2D eigenvalue weighted by atomic mass is 16.6. The SMILES string of the molecule is C/C=C/COCC(O)C[N+](=O)[O-]. The van der Waals surface area contributed by atoms with E-state index in [1.807, 2.05) is 6.92 Å². The molecule has 0 amide bonds. The lowest BCUT2D eigenvalue weighted by Gasteiger charge is -2.04. The van der Waals surface area contributed by atoms with Crippen molar-refractivity contribution in [2.45, 2.75) is 13.0 Å². The summed E-state index contributed by atoms with van der Waals surface area (Å²) in [7, 11) is 0. The third-order valence-corrected chi connectivity index (χ3v) is 1.12. The summed E-state index contributed by atoms with van der Waals surface area (Å²) in [6.07, 6.45) is 2.56. The van der Waals surface area contributed by atoms with Crippen molar-refractivity contribution in [3.8, 4) is 0 Å². The van der Waals surface area contributed by atoms with Crippen molar-refractivity contribution in [3.05, 3.63) is 22.3 Å². The molecule has 0 spiro atoms. The summed E-state index contributed by atoms with van der Waals surface area (Å²) in [6, 6.07) is 0. The van der Waals surface area contributed by atoms with Gasteiger partial charge in [0.25, 0.3) is 0 Å². The van der Waals surface area contributed by atoms with E-state index < -0.39 is 17.6 Å². The molecule has 0 radical (unpaired) electrons. The average Bonchev–Trinajstić information content (AvgIpc) is 1.97. The first-order valence-electron chi connectivity index (χ1n) is 3.65. The fraction of sp³-hybridized carbons (Fsp3) is 0.714. The minimum absolute atomic E-state index is 0.00528. The topological polar surface area (TPSA) is 72.6 Å². The maximum atomic E-state index is 9.87. The van der Waals surface area contributed by atoms with Crippen LogP contribution in [0.15, 0.2) is 12.2 Å². The monoisotopic (exact) mass is 175 g/mol. The highest BCUT2D eigenvalue weighted by Crippen LogP contribution is 1.86. The summed E-state index contributed by atoms with van der Waals surface area (Å²) in [5.74, 6) is 0. The van der Waals surface area contributed by atoms with Crippen LogP contribution in [-0.2, 0) is 4.74 Å². The maximum absolute atomic E-state index is 9.87. The van der Waals surface area contributed by atoms with Crippen LogP contribution in [0.25, 0.3) is 0 Å². The van der Waals surface area contributed by atoms with Crippen LogP contribution in [0.1, 0.15) is 6.92 Å². The fourth-order valence-electron chi connectivity index (χ4n) is 0.593. The second-order valence-electron chi connectivity index (χ2n) is 2.28. The van der Waals surface area contributed by atoms with Gasteiger partial charge in [-0.25, -0.2) is 0 Å². The van der Waals surface area contributed by atoms with Gasteiger partial charge in [0.15, 0.2) is 0 Å². The Balaban J connectivity index is 3.31. The molecular formula is C7H13NO4. The minimum atomic E-state index is -1.01. The van der Waals surface area contributed by atoms with E-state index in [-0.39, 0.29) is 6.61 Å². The van der Waals surface area contributed by atoms with Crippen molar-refractivity contribution in [2.75, 3.05) is 19.8 Å². The van der Waals surface area contributed by atoms with E-state index in [9.17, 15) is 10.1 Å². The normalized spacial score (nSPS) is 13.5. The highest BCUT2D eigenvalue weighted by Gasteiger charge is 2.10. The van der Waals surface area contributed by atoms with Gasteiger partial charge in [-0.15, -0.1) is 0 Å². The Morgan fingerprint density at radius 1 is 1.75 bits per heavy atom. The van der Waals surface area contributed by atoms with Crippen LogP contribution >= 0.6 is 0 Å². The van der Waals surface area contributed by atoms with Crippen LogP contribution in [0.5, 0.6) is 0 Å². The number of nitrogens with zero attached hydrogens (tertiary/aromatic N) is 1. The number of rotatable bonds is 6. The van der Waals surface area contributed by atoms with Crippen molar-refractivity contribution >= 4 is 0 Å². The van der Waals surface area contributed by atoms with Crippen LogP contribution < -0.4 is 0 Å². The Hall–Kier alpha value is -0.940. The molecule has 0 aromatic carbocycles. The molecule has 0 bridgehead atoms. The molecule has 0 saturated heterocycles. The molecule has 0 heterocycles. The zero-order chi connectivity index (χ0) is 9.40. The first-order valence-corrected chi connectivity index (χ1v) is 3.65. The van der Waals surface area contributed by atoms with Crippen LogP contribution in [0.2, 0.25) is 0 Å². The molecule has 12 heavy (non-hydrogen) atoms. The van der Waals surface area contributed by atoms with Crippen LogP contribution in [-0.4, -0.2) is 35.9 Å². The summed E-state index contributed by atoms with van der Waals surface area (Å²) in [5, 5.41) is 18.8. The molecule has 1 N–H and O–H groups in total. The number of hydrogen-bond acceptors (Lipinski definition) is 4. The average molecular weight is 175 g/mol. The van der Waals surface area contributed by atoms with Gasteiger partial charge in [-0.1, -0.05) is 12.2 Å². The summed E-state index contributed by atoms with van der Waals surface area (Å²) in [4.78, 5) is 9.31. The molecule has 5 nitrogen and oxygen atoms in total. The van der Waals surface area contributed by atoms with Gasteiger partial charge >= 0.3 is 0 Å². The number of hydrogen-bond donors (Lipinski definition) is 1. The van der Waals surface area contributed by atoms with Gasteiger partial charge in [0.05, 0.1) is 13.2 Å². The second kappa shape index (κ2) is 6.75. The lowest BCUT2D eigenvalue weighted by molar-refractivity contribution is -0.491. The molecule has 0 saturated carbocycles. The Morgan fingerprint density at radius 3 is 2.92 bits per heavy atom. The molecule has 1 atom stereocenters. The van der Waals surface area contributed by atoms with Gasteiger partial charge in [0.1, 0.15) is 6.10 Å². The van der Waals surface area contributed by atoms with Crippen molar-refractivity contribution < 1.29 is 14.8 Å². The number of allylic oxidation sites excluding steroid dienone is 1. The molecule has 5 heteroatoms. The molecule has 0 rings (SSSR count). The molecule has 0 fully saturated rings. The number of nitro groups is 1. The van der Waals surface area contributed by atoms with Crippen molar-refractivity contribution in [1.82, 2.24) is 0 Å². The van der Waals surface area contributed by atoms with Gasteiger partial charge in [-0.3, -0.25) is 10.1 Å². The molecular weight excluding hydrogens is 162 g/mol. The summed E-state index contributed by atoms with van der Waals surface area (Å²) >= 11 is 0. The molecule has 70 valence electrons. The van der Waals surface area contributed by atoms with Gasteiger partial charge in [-0.2, -0.15) is 0 Å². The largest absolute Gasteiger partial charge is 0.384 e. The minimum Gasteiger partial charge on any atom is -0.384 e. The van der Waals surface area contributed by atoms with Crippen molar-refractivity contribution in [1.29, 1.82) is 0 Å². The van der Waals surface area contributed by atoms with Crippen molar-refractivity contribution in [2.24, 2.45) is 0 Å². The number of aliphatic hydroxyl groups excluding tert-OH is 1. The fourth-order valence-corrected chi connectivity index (χ4v) is 0.593. The van der Waals surface area contributed by atoms with Crippen LogP contribution in [0, 0.1) is 10.1 Å². The Kier molecular flexibility index (Phi) is 6.22. The zero-order valence-electron chi connectivity index (χ0n) is 6.97.